The van der Waals surface area contributed by atoms with Crippen LogP contribution >= 0.6 is 11.3 Å². The Kier molecular flexibility index (Phi) is 4.36. The van der Waals surface area contributed by atoms with Gasteiger partial charge in [-0.2, -0.15) is 0 Å². The van der Waals surface area contributed by atoms with Crippen molar-refractivity contribution in [1.29, 1.82) is 0 Å². The fourth-order valence-corrected chi connectivity index (χ4v) is 2.31. The fraction of sp³-hybridized carbons (Fsp3) is 0.214. The lowest BCUT2D eigenvalue weighted by Crippen LogP contribution is -2.30. The minimum Gasteiger partial charge on any atom is -0.338 e. The maximum absolute atomic E-state index is 11.6. The van der Waals surface area contributed by atoms with Gasteiger partial charge in [-0.3, -0.25) is 5.32 Å². The monoisotopic (exact) mass is 260 g/mol. The molecule has 2 aromatic rings. The van der Waals surface area contributed by atoms with Crippen LogP contribution in [0.3, 0.4) is 0 Å². The number of nitrogens with one attached hydrogen (secondary N) is 2. The summed E-state index contributed by atoms with van der Waals surface area (Å²) >= 11 is 1.51. The van der Waals surface area contributed by atoms with Crippen LogP contribution in [0.2, 0.25) is 0 Å². The number of amides is 2. The van der Waals surface area contributed by atoms with E-state index in [-0.39, 0.29) is 6.03 Å². The Hall–Kier alpha value is -1.81. The van der Waals surface area contributed by atoms with E-state index in [0.29, 0.717) is 6.54 Å². The van der Waals surface area contributed by atoms with Crippen molar-refractivity contribution < 1.29 is 4.79 Å². The number of carbonyl (C=O) groups is 1. The molecule has 0 aliphatic heterocycles. The van der Waals surface area contributed by atoms with Gasteiger partial charge in [-0.1, -0.05) is 29.8 Å². The first kappa shape index (κ1) is 12.6. The van der Waals surface area contributed by atoms with E-state index < -0.39 is 0 Å². The zero-order valence-electron chi connectivity index (χ0n) is 10.3. The van der Waals surface area contributed by atoms with Crippen LogP contribution in [-0.4, -0.2) is 12.6 Å². The molecule has 2 N–H and O–H groups in total. The van der Waals surface area contributed by atoms with E-state index in [0.717, 1.165) is 11.4 Å². The smallest absolute Gasteiger partial charge is 0.319 e. The molecule has 18 heavy (non-hydrogen) atoms. The van der Waals surface area contributed by atoms with Crippen LogP contribution in [0, 0.1) is 6.92 Å². The number of anilines is 1. The lowest BCUT2D eigenvalue weighted by atomic mass is 10.1. The molecule has 2 amide bonds. The number of hydrogen-bond acceptors (Lipinski definition) is 2. The number of carbonyl (C=O) groups excluding carboxylic acids is 1. The van der Waals surface area contributed by atoms with Gasteiger partial charge in [0, 0.05) is 6.54 Å². The first-order chi connectivity index (χ1) is 8.74. The average Bonchev–Trinajstić information content (AvgIpc) is 2.82. The van der Waals surface area contributed by atoms with E-state index in [1.54, 1.807) is 0 Å². The van der Waals surface area contributed by atoms with Crippen LogP contribution < -0.4 is 10.6 Å². The second-order valence-corrected chi connectivity index (χ2v) is 5.04. The molecule has 1 heterocycles. The van der Waals surface area contributed by atoms with Crippen molar-refractivity contribution in [2.24, 2.45) is 0 Å². The van der Waals surface area contributed by atoms with Crippen molar-refractivity contribution >= 4 is 22.4 Å². The molecule has 1 aromatic heterocycles. The van der Waals surface area contributed by atoms with Crippen LogP contribution in [0.1, 0.15) is 11.1 Å². The van der Waals surface area contributed by atoms with Crippen LogP contribution in [0.5, 0.6) is 0 Å². The fourth-order valence-electron chi connectivity index (χ4n) is 1.69. The average molecular weight is 260 g/mol. The van der Waals surface area contributed by atoms with Gasteiger partial charge in [-0.05, 0) is 36.4 Å². The van der Waals surface area contributed by atoms with Gasteiger partial charge in [0.25, 0.3) is 0 Å². The molecule has 1 aromatic carbocycles. The van der Waals surface area contributed by atoms with Crippen molar-refractivity contribution in [1.82, 2.24) is 5.32 Å². The molecule has 0 unspecified atom stereocenters. The van der Waals surface area contributed by atoms with E-state index in [9.17, 15) is 4.79 Å². The highest BCUT2D eigenvalue weighted by Gasteiger charge is 2.01. The summed E-state index contributed by atoms with van der Waals surface area (Å²) in [5, 5.41) is 8.43. The van der Waals surface area contributed by atoms with E-state index in [2.05, 4.69) is 35.8 Å². The number of thiophene rings is 1. The molecule has 0 atom stereocenters. The third kappa shape index (κ3) is 3.89. The van der Waals surface area contributed by atoms with Crippen LogP contribution in [0.15, 0.2) is 41.8 Å². The van der Waals surface area contributed by atoms with Crippen LogP contribution in [0.25, 0.3) is 0 Å². The zero-order chi connectivity index (χ0) is 12.8. The summed E-state index contributed by atoms with van der Waals surface area (Å²) in [5.41, 5.74) is 2.49. The molecule has 0 aliphatic rings. The first-order valence-corrected chi connectivity index (χ1v) is 6.76. The molecule has 4 heteroatoms. The number of hydrogen-bond donors (Lipinski definition) is 2. The number of rotatable bonds is 4. The molecule has 0 aliphatic carbocycles. The van der Waals surface area contributed by atoms with Gasteiger partial charge >= 0.3 is 6.03 Å². The predicted molar refractivity (Wildman–Crippen MR) is 76.2 cm³/mol. The number of urea groups is 1. The third-order valence-electron chi connectivity index (χ3n) is 2.54. The summed E-state index contributed by atoms with van der Waals surface area (Å²) in [7, 11) is 0. The Balaban J connectivity index is 1.73. The molecule has 0 saturated heterocycles. The molecular weight excluding hydrogens is 244 g/mol. The Labute approximate surface area is 111 Å². The first-order valence-electron chi connectivity index (χ1n) is 5.88. The summed E-state index contributed by atoms with van der Waals surface area (Å²) in [6, 6.07) is 12.0. The molecule has 2 rings (SSSR count). The van der Waals surface area contributed by atoms with Gasteiger partial charge in [0.15, 0.2) is 0 Å². The van der Waals surface area contributed by atoms with E-state index >= 15 is 0 Å². The lowest BCUT2D eigenvalue weighted by molar-refractivity contribution is 0.252. The molecule has 3 nitrogen and oxygen atoms in total. The van der Waals surface area contributed by atoms with Crippen molar-refractivity contribution in [3.8, 4) is 0 Å². The van der Waals surface area contributed by atoms with Gasteiger partial charge in [-0.15, -0.1) is 11.3 Å². The highest BCUT2D eigenvalue weighted by atomic mass is 32.1. The highest BCUT2D eigenvalue weighted by Crippen LogP contribution is 2.14. The molecule has 0 fully saturated rings. The lowest BCUT2D eigenvalue weighted by Gasteiger charge is -2.06. The van der Waals surface area contributed by atoms with Gasteiger partial charge in [0.2, 0.25) is 0 Å². The van der Waals surface area contributed by atoms with Gasteiger partial charge in [0.1, 0.15) is 0 Å². The summed E-state index contributed by atoms with van der Waals surface area (Å²) in [4.78, 5) is 11.6. The van der Waals surface area contributed by atoms with Gasteiger partial charge < -0.3 is 5.32 Å². The summed E-state index contributed by atoms with van der Waals surface area (Å²) in [6.45, 7) is 2.71. The molecular formula is C14H16N2OS. The predicted octanol–water partition coefficient (Wildman–Crippen LogP) is 3.42. The standard InChI is InChI=1S/C14H16N2OS/c1-11-4-2-5-12(10-11)7-8-15-14(17)16-13-6-3-9-18-13/h2-6,9-10H,7-8H2,1H3,(H2,15,16,17). The minimum absolute atomic E-state index is 0.148. The minimum atomic E-state index is -0.148. The number of benzene rings is 1. The molecule has 0 spiro atoms. The van der Waals surface area contributed by atoms with Crippen molar-refractivity contribution in [2.75, 3.05) is 11.9 Å². The molecule has 0 radical (unpaired) electrons. The molecule has 0 bridgehead atoms. The number of aryl methyl sites for hydroxylation is 1. The third-order valence-corrected chi connectivity index (χ3v) is 3.32. The normalized spacial score (nSPS) is 10.1. The van der Waals surface area contributed by atoms with E-state index in [1.165, 1.54) is 22.5 Å². The quantitative estimate of drug-likeness (QED) is 0.869. The Morgan fingerprint density at radius 3 is 2.89 bits per heavy atom. The van der Waals surface area contributed by atoms with E-state index in [4.69, 9.17) is 0 Å². The van der Waals surface area contributed by atoms with Crippen molar-refractivity contribution in [3.05, 3.63) is 52.9 Å². The van der Waals surface area contributed by atoms with Crippen LogP contribution in [-0.2, 0) is 6.42 Å². The van der Waals surface area contributed by atoms with Gasteiger partial charge in [-0.25, -0.2) is 4.79 Å². The van der Waals surface area contributed by atoms with Gasteiger partial charge in [0.05, 0.1) is 5.00 Å². The summed E-state index contributed by atoms with van der Waals surface area (Å²) in [5.74, 6) is 0. The highest BCUT2D eigenvalue weighted by molar-refractivity contribution is 7.14. The van der Waals surface area contributed by atoms with Crippen LogP contribution in [0.4, 0.5) is 9.80 Å². The zero-order valence-corrected chi connectivity index (χ0v) is 11.1. The molecule has 0 saturated carbocycles. The summed E-state index contributed by atoms with van der Waals surface area (Å²) < 4.78 is 0. The Morgan fingerprint density at radius 2 is 2.17 bits per heavy atom. The second-order valence-electron chi connectivity index (χ2n) is 4.10. The largest absolute Gasteiger partial charge is 0.338 e. The molecule has 94 valence electrons. The van der Waals surface area contributed by atoms with E-state index in [1.807, 2.05) is 23.6 Å². The summed E-state index contributed by atoms with van der Waals surface area (Å²) in [6.07, 6.45) is 0.847. The topological polar surface area (TPSA) is 41.1 Å². The Morgan fingerprint density at radius 1 is 1.28 bits per heavy atom. The van der Waals surface area contributed by atoms with Crippen molar-refractivity contribution in [3.63, 3.8) is 0 Å². The maximum Gasteiger partial charge on any atom is 0.319 e. The Bertz CT molecular complexity index is 508. The maximum atomic E-state index is 11.6. The van der Waals surface area contributed by atoms with Crippen molar-refractivity contribution in [2.45, 2.75) is 13.3 Å². The SMILES string of the molecule is Cc1cccc(CCNC(=O)Nc2cccs2)c1. The second kappa shape index (κ2) is 6.21.